The number of rotatable bonds is 6. The molecule has 122 valence electrons. The molecule has 0 spiro atoms. The Hall–Kier alpha value is -1.82. The molecular weight excluding hydrogens is 280 g/mol. The van der Waals surface area contributed by atoms with Crippen molar-refractivity contribution in [2.75, 3.05) is 31.6 Å². The van der Waals surface area contributed by atoms with Crippen LogP contribution in [0.4, 0.5) is 10.6 Å². The smallest absolute Gasteiger partial charge is 0.315 e. The number of amides is 2. The van der Waals surface area contributed by atoms with Gasteiger partial charge >= 0.3 is 6.03 Å². The Labute approximate surface area is 132 Å². The molecule has 1 aromatic rings. The van der Waals surface area contributed by atoms with Gasteiger partial charge in [0.05, 0.1) is 6.10 Å². The molecule has 0 saturated carbocycles. The number of anilines is 1. The van der Waals surface area contributed by atoms with E-state index in [0.29, 0.717) is 13.1 Å². The van der Waals surface area contributed by atoms with E-state index in [1.165, 1.54) is 12.8 Å². The highest BCUT2D eigenvalue weighted by Crippen LogP contribution is 2.22. The first-order chi connectivity index (χ1) is 10.6. The third-order valence-electron chi connectivity index (χ3n) is 3.89. The van der Waals surface area contributed by atoms with Crippen molar-refractivity contribution >= 4 is 11.8 Å². The summed E-state index contributed by atoms with van der Waals surface area (Å²) in [5.74, 6) is 1.00. The molecular formula is C16H26N4O2. The molecule has 6 heteroatoms. The van der Waals surface area contributed by atoms with Gasteiger partial charge in [-0.2, -0.15) is 0 Å². The SMILES string of the molecule is COC(C)CNC(=O)NCc1ccc(C)nc1N1CCCC1. The molecule has 1 aliphatic rings. The fourth-order valence-electron chi connectivity index (χ4n) is 2.47. The predicted molar refractivity (Wildman–Crippen MR) is 87.1 cm³/mol. The van der Waals surface area contributed by atoms with Crippen LogP contribution in [-0.4, -0.2) is 43.9 Å². The Bertz CT molecular complexity index is 501. The van der Waals surface area contributed by atoms with Crippen molar-refractivity contribution < 1.29 is 9.53 Å². The van der Waals surface area contributed by atoms with Gasteiger partial charge < -0.3 is 20.3 Å². The van der Waals surface area contributed by atoms with E-state index in [9.17, 15) is 4.79 Å². The molecule has 0 bridgehead atoms. The Kier molecular flexibility index (Phi) is 6.00. The van der Waals surface area contributed by atoms with Crippen LogP contribution in [0.1, 0.15) is 31.0 Å². The summed E-state index contributed by atoms with van der Waals surface area (Å²) in [6, 6.07) is 3.85. The van der Waals surface area contributed by atoms with E-state index in [1.54, 1.807) is 7.11 Å². The van der Waals surface area contributed by atoms with Crippen molar-refractivity contribution in [1.82, 2.24) is 15.6 Å². The lowest BCUT2D eigenvalue weighted by Crippen LogP contribution is -2.39. The van der Waals surface area contributed by atoms with Gasteiger partial charge in [0.1, 0.15) is 5.82 Å². The number of nitrogens with one attached hydrogen (secondary N) is 2. The van der Waals surface area contributed by atoms with E-state index in [4.69, 9.17) is 4.74 Å². The van der Waals surface area contributed by atoms with Gasteiger partial charge in [-0.15, -0.1) is 0 Å². The number of carbonyl (C=O) groups is 1. The zero-order chi connectivity index (χ0) is 15.9. The molecule has 1 aromatic heterocycles. The highest BCUT2D eigenvalue weighted by atomic mass is 16.5. The summed E-state index contributed by atoms with van der Waals surface area (Å²) >= 11 is 0. The molecule has 0 aromatic carbocycles. The monoisotopic (exact) mass is 306 g/mol. The minimum Gasteiger partial charge on any atom is -0.380 e. The van der Waals surface area contributed by atoms with Crippen LogP contribution in [0.5, 0.6) is 0 Å². The first-order valence-electron chi connectivity index (χ1n) is 7.86. The maximum Gasteiger partial charge on any atom is 0.315 e. The highest BCUT2D eigenvalue weighted by molar-refractivity contribution is 5.74. The lowest BCUT2D eigenvalue weighted by Gasteiger charge is -2.21. The Morgan fingerprint density at radius 3 is 2.77 bits per heavy atom. The molecule has 2 rings (SSSR count). The summed E-state index contributed by atoms with van der Waals surface area (Å²) in [4.78, 5) is 18.8. The predicted octanol–water partition coefficient (Wildman–Crippen LogP) is 1.82. The fraction of sp³-hybridized carbons (Fsp3) is 0.625. The molecule has 1 atom stereocenters. The molecule has 0 radical (unpaired) electrons. The summed E-state index contributed by atoms with van der Waals surface area (Å²) in [5.41, 5.74) is 2.06. The van der Waals surface area contributed by atoms with E-state index < -0.39 is 0 Å². The number of methoxy groups -OCH3 is 1. The number of hydrogen-bond donors (Lipinski definition) is 2. The zero-order valence-corrected chi connectivity index (χ0v) is 13.7. The normalized spacial score (nSPS) is 15.7. The second kappa shape index (κ2) is 7.98. The van der Waals surface area contributed by atoms with Crippen LogP contribution in [0, 0.1) is 6.92 Å². The maximum atomic E-state index is 11.8. The first-order valence-corrected chi connectivity index (χ1v) is 7.86. The lowest BCUT2D eigenvalue weighted by atomic mass is 10.2. The molecule has 2 N–H and O–H groups in total. The summed E-state index contributed by atoms with van der Waals surface area (Å²) in [6.07, 6.45) is 2.42. The molecule has 1 saturated heterocycles. The molecule has 0 aliphatic carbocycles. The third kappa shape index (κ3) is 4.59. The zero-order valence-electron chi connectivity index (χ0n) is 13.7. The van der Waals surface area contributed by atoms with E-state index in [1.807, 2.05) is 26.0 Å². The Morgan fingerprint density at radius 2 is 2.09 bits per heavy atom. The van der Waals surface area contributed by atoms with Gasteiger partial charge in [0.25, 0.3) is 0 Å². The number of aryl methyl sites for hydroxylation is 1. The third-order valence-corrected chi connectivity index (χ3v) is 3.89. The van der Waals surface area contributed by atoms with Crippen LogP contribution < -0.4 is 15.5 Å². The van der Waals surface area contributed by atoms with Crippen LogP contribution in [-0.2, 0) is 11.3 Å². The number of ether oxygens (including phenoxy) is 1. The van der Waals surface area contributed by atoms with Crippen molar-refractivity contribution in [2.24, 2.45) is 0 Å². The molecule has 2 heterocycles. The van der Waals surface area contributed by atoms with Gasteiger partial charge in [-0.05, 0) is 32.8 Å². The summed E-state index contributed by atoms with van der Waals surface area (Å²) < 4.78 is 5.10. The van der Waals surface area contributed by atoms with Crippen molar-refractivity contribution in [3.63, 3.8) is 0 Å². The van der Waals surface area contributed by atoms with Gasteiger partial charge in [-0.3, -0.25) is 0 Å². The molecule has 1 fully saturated rings. The summed E-state index contributed by atoms with van der Waals surface area (Å²) in [7, 11) is 1.63. The minimum atomic E-state index is -0.183. The molecule has 1 unspecified atom stereocenters. The highest BCUT2D eigenvalue weighted by Gasteiger charge is 2.17. The number of hydrogen-bond acceptors (Lipinski definition) is 4. The average Bonchev–Trinajstić information content (AvgIpc) is 3.05. The van der Waals surface area contributed by atoms with E-state index in [0.717, 1.165) is 30.2 Å². The minimum absolute atomic E-state index is 0.00644. The lowest BCUT2D eigenvalue weighted by molar-refractivity contribution is 0.118. The second-order valence-electron chi connectivity index (χ2n) is 5.74. The van der Waals surface area contributed by atoms with Crippen LogP contribution in [0.2, 0.25) is 0 Å². The van der Waals surface area contributed by atoms with Gasteiger partial charge in [0.15, 0.2) is 0 Å². The first kappa shape index (κ1) is 16.5. The Morgan fingerprint density at radius 1 is 1.36 bits per heavy atom. The van der Waals surface area contributed by atoms with Crippen LogP contribution in [0.25, 0.3) is 0 Å². The maximum absolute atomic E-state index is 11.8. The van der Waals surface area contributed by atoms with Crippen LogP contribution in [0.3, 0.4) is 0 Å². The Balaban J connectivity index is 1.93. The van der Waals surface area contributed by atoms with Crippen molar-refractivity contribution in [3.8, 4) is 0 Å². The van der Waals surface area contributed by atoms with Gasteiger partial charge in [-0.25, -0.2) is 9.78 Å². The van der Waals surface area contributed by atoms with E-state index >= 15 is 0 Å². The van der Waals surface area contributed by atoms with Crippen LogP contribution in [0.15, 0.2) is 12.1 Å². The number of pyridine rings is 1. The number of nitrogens with zero attached hydrogens (tertiary/aromatic N) is 2. The molecule has 1 aliphatic heterocycles. The summed E-state index contributed by atoms with van der Waals surface area (Å²) in [6.45, 7) is 6.97. The molecule has 2 amide bonds. The fourth-order valence-corrected chi connectivity index (χ4v) is 2.47. The van der Waals surface area contributed by atoms with E-state index in [-0.39, 0.29) is 12.1 Å². The summed E-state index contributed by atoms with van der Waals surface area (Å²) in [5, 5.41) is 5.68. The van der Waals surface area contributed by atoms with Gasteiger partial charge in [0, 0.05) is 44.5 Å². The largest absolute Gasteiger partial charge is 0.380 e. The number of urea groups is 1. The van der Waals surface area contributed by atoms with Gasteiger partial charge in [-0.1, -0.05) is 6.07 Å². The van der Waals surface area contributed by atoms with Crippen LogP contribution >= 0.6 is 0 Å². The topological polar surface area (TPSA) is 66.5 Å². The second-order valence-corrected chi connectivity index (χ2v) is 5.74. The van der Waals surface area contributed by atoms with Crippen molar-refractivity contribution in [1.29, 1.82) is 0 Å². The van der Waals surface area contributed by atoms with Crippen molar-refractivity contribution in [2.45, 2.75) is 39.3 Å². The number of aromatic nitrogens is 1. The standard InChI is InChI=1S/C16H26N4O2/c1-12-6-7-14(15(19-12)20-8-4-5-9-20)11-18-16(21)17-10-13(2)22-3/h6-7,13H,4-5,8-11H2,1-3H3,(H2,17,18,21). The average molecular weight is 306 g/mol. The molecule has 6 nitrogen and oxygen atoms in total. The molecule has 22 heavy (non-hydrogen) atoms. The number of carbonyl (C=O) groups excluding carboxylic acids is 1. The van der Waals surface area contributed by atoms with Gasteiger partial charge in [0.2, 0.25) is 0 Å². The van der Waals surface area contributed by atoms with Crippen molar-refractivity contribution in [3.05, 3.63) is 23.4 Å². The quantitative estimate of drug-likeness (QED) is 0.841. The van der Waals surface area contributed by atoms with E-state index in [2.05, 4.69) is 20.5 Å².